The van der Waals surface area contributed by atoms with Crippen molar-refractivity contribution in [1.29, 1.82) is 0 Å². The predicted molar refractivity (Wildman–Crippen MR) is 108 cm³/mol. The number of benzene rings is 2. The lowest BCUT2D eigenvalue weighted by Gasteiger charge is -2.36. The molecule has 1 aliphatic rings. The van der Waals surface area contributed by atoms with Gasteiger partial charge in [0, 0.05) is 16.7 Å². The molecule has 0 aromatic heterocycles. The molecule has 0 saturated heterocycles. The Hall–Kier alpha value is -2.66. The van der Waals surface area contributed by atoms with Gasteiger partial charge in [0.25, 0.3) is 0 Å². The zero-order chi connectivity index (χ0) is 20.5. The Morgan fingerprint density at radius 1 is 0.786 bits per heavy atom. The molecule has 0 radical (unpaired) electrons. The number of carbonyl (C=O) groups is 2. The van der Waals surface area contributed by atoms with Crippen LogP contribution >= 0.6 is 0 Å². The second-order valence-corrected chi connectivity index (χ2v) is 7.21. The van der Waals surface area contributed by atoms with Crippen molar-refractivity contribution in [1.82, 2.24) is 0 Å². The van der Waals surface area contributed by atoms with Crippen LogP contribution in [0.2, 0.25) is 0 Å². The average molecular weight is 382 g/mol. The van der Waals surface area contributed by atoms with E-state index < -0.39 is 0 Å². The summed E-state index contributed by atoms with van der Waals surface area (Å²) in [5.41, 5.74) is 2.46. The normalized spacial score (nSPS) is 13.2. The van der Waals surface area contributed by atoms with E-state index in [0.29, 0.717) is 33.8 Å². The standard InChI is InChI=1S/C23H28NO4/c1-6-24(7-2,8-3)14-15-12-17-21(19(13-15)28-5)23(26)20-16(22(17)25)10-9-11-18(20)27-4/h9-13H,6-8,14H2,1-5H3/q+1. The van der Waals surface area contributed by atoms with E-state index in [2.05, 4.69) is 20.8 Å². The molecule has 1 aliphatic carbocycles. The third-order valence-electron chi connectivity index (χ3n) is 6.10. The summed E-state index contributed by atoms with van der Waals surface area (Å²) >= 11 is 0. The molecule has 2 aromatic rings. The molecule has 0 saturated carbocycles. The minimum atomic E-state index is -0.229. The van der Waals surface area contributed by atoms with Gasteiger partial charge in [-0.05, 0) is 39.0 Å². The van der Waals surface area contributed by atoms with Gasteiger partial charge in [-0.25, -0.2) is 0 Å². The van der Waals surface area contributed by atoms with Gasteiger partial charge >= 0.3 is 0 Å². The lowest BCUT2D eigenvalue weighted by atomic mass is 9.82. The summed E-state index contributed by atoms with van der Waals surface area (Å²) in [6, 6.07) is 8.89. The Morgan fingerprint density at radius 2 is 1.39 bits per heavy atom. The number of ether oxygens (including phenoxy) is 2. The summed E-state index contributed by atoms with van der Waals surface area (Å²) in [6.45, 7) is 10.3. The third kappa shape index (κ3) is 3.10. The Balaban J connectivity index is 2.18. The molecular formula is C23H28NO4+. The van der Waals surface area contributed by atoms with Gasteiger partial charge < -0.3 is 14.0 Å². The molecule has 0 fully saturated rings. The summed E-state index contributed by atoms with van der Waals surface area (Å²) in [5.74, 6) is 0.467. The first kappa shape index (κ1) is 20.1. The summed E-state index contributed by atoms with van der Waals surface area (Å²) in [7, 11) is 3.04. The SMILES string of the molecule is CC[N+](CC)(CC)Cc1cc(OC)c2c(c1)C(=O)c1cccc(OC)c1C2=O. The minimum Gasteiger partial charge on any atom is -0.496 e. The largest absolute Gasteiger partial charge is 0.496 e. The molecule has 2 aromatic carbocycles. The molecule has 0 amide bonds. The Kier molecular flexibility index (Phi) is 5.57. The van der Waals surface area contributed by atoms with Crippen LogP contribution in [0, 0.1) is 0 Å². The molecule has 5 nitrogen and oxygen atoms in total. The fourth-order valence-corrected chi connectivity index (χ4v) is 4.13. The molecular weight excluding hydrogens is 354 g/mol. The van der Waals surface area contributed by atoms with E-state index >= 15 is 0 Å². The number of hydrogen-bond donors (Lipinski definition) is 0. The van der Waals surface area contributed by atoms with E-state index in [0.717, 1.165) is 36.2 Å². The van der Waals surface area contributed by atoms with Crippen molar-refractivity contribution in [2.45, 2.75) is 27.3 Å². The topological polar surface area (TPSA) is 52.6 Å². The molecule has 148 valence electrons. The second kappa shape index (κ2) is 7.76. The first-order valence-electron chi connectivity index (χ1n) is 9.77. The maximum atomic E-state index is 13.3. The number of nitrogens with zero attached hydrogens (tertiary/aromatic N) is 1. The van der Waals surface area contributed by atoms with E-state index in [1.54, 1.807) is 18.2 Å². The smallest absolute Gasteiger partial charge is 0.201 e. The highest BCUT2D eigenvalue weighted by Gasteiger charge is 2.36. The van der Waals surface area contributed by atoms with Gasteiger partial charge in [-0.15, -0.1) is 0 Å². The molecule has 28 heavy (non-hydrogen) atoms. The van der Waals surface area contributed by atoms with Crippen LogP contribution in [0.1, 0.15) is 58.2 Å². The van der Waals surface area contributed by atoms with Gasteiger partial charge in [0.2, 0.25) is 5.78 Å². The van der Waals surface area contributed by atoms with Gasteiger partial charge in [0.05, 0.1) is 45.0 Å². The fraction of sp³-hybridized carbons (Fsp3) is 0.391. The molecule has 0 atom stereocenters. The van der Waals surface area contributed by atoms with E-state index in [-0.39, 0.29) is 11.6 Å². The molecule has 0 unspecified atom stereocenters. The van der Waals surface area contributed by atoms with Crippen LogP contribution in [0.15, 0.2) is 30.3 Å². The number of hydrogen-bond acceptors (Lipinski definition) is 4. The molecule has 5 heteroatoms. The zero-order valence-electron chi connectivity index (χ0n) is 17.3. The minimum absolute atomic E-state index is 0.161. The lowest BCUT2D eigenvalue weighted by molar-refractivity contribution is -0.936. The first-order chi connectivity index (χ1) is 13.4. The predicted octanol–water partition coefficient (Wildman–Crippen LogP) is 3.86. The van der Waals surface area contributed by atoms with Crippen LogP contribution < -0.4 is 9.47 Å². The van der Waals surface area contributed by atoms with Crippen LogP contribution in [0.3, 0.4) is 0 Å². The van der Waals surface area contributed by atoms with Gasteiger partial charge in [-0.3, -0.25) is 9.59 Å². The second-order valence-electron chi connectivity index (χ2n) is 7.21. The highest BCUT2D eigenvalue weighted by atomic mass is 16.5. The number of quaternary nitrogens is 1. The molecule has 0 bridgehead atoms. The van der Waals surface area contributed by atoms with Crippen LogP contribution in [-0.4, -0.2) is 49.9 Å². The third-order valence-corrected chi connectivity index (χ3v) is 6.10. The first-order valence-corrected chi connectivity index (χ1v) is 9.77. The highest BCUT2D eigenvalue weighted by molar-refractivity contribution is 6.30. The zero-order valence-corrected chi connectivity index (χ0v) is 17.3. The van der Waals surface area contributed by atoms with Crippen molar-refractivity contribution in [2.24, 2.45) is 0 Å². The summed E-state index contributed by atoms with van der Waals surface area (Å²) in [5, 5.41) is 0. The van der Waals surface area contributed by atoms with E-state index in [4.69, 9.17) is 9.47 Å². The van der Waals surface area contributed by atoms with E-state index in [9.17, 15) is 9.59 Å². The van der Waals surface area contributed by atoms with Crippen LogP contribution in [0.4, 0.5) is 0 Å². The summed E-state index contributed by atoms with van der Waals surface area (Å²) in [4.78, 5) is 26.5. The Bertz CT molecular complexity index is 920. The monoisotopic (exact) mass is 382 g/mol. The molecule has 0 N–H and O–H groups in total. The number of ketones is 2. The van der Waals surface area contributed by atoms with E-state index in [1.807, 2.05) is 12.1 Å². The van der Waals surface area contributed by atoms with Crippen molar-refractivity contribution in [3.05, 3.63) is 58.1 Å². The number of methoxy groups -OCH3 is 2. The van der Waals surface area contributed by atoms with Gasteiger partial charge in [-0.1, -0.05) is 12.1 Å². The van der Waals surface area contributed by atoms with Crippen LogP contribution in [0.25, 0.3) is 0 Å². The van der Waals surface area contributed by atoms with E-state index in [1.165, 1.54) is 14.2 Å². The quantitative estimate of drug-likeness (QED) is 0.583. The Morgan fingerprint density at radius 3 is 1.96 bits per heavy atom. The maximum Gasteiger partial charge on any atom is 0.201 e. The number of rotatable bonds is 7. The van der Waals surface area contributed by atoms with Crippen molar-refractivity contribution in [2.75, 3.05) is 33.9 Å². The molecule has 0 aliphatic heterocycles. The van der Waals surface area contributed by atoms with Gasteiger partial charge in [-0.2, -0.15) is 0 Å². The fourth-order valence-electron chi connectivity index (χ4n) is 4.13. The summed E-state index contributed by atoms with van der Waals surface area (Å²) < 4.78 is 11.8. The number of fused-ring (bicyclic) bond motifs is 2. The lowest BCUT2D eigenvalue weighted by Crippen LogP contribution is -2.46. The van der Waals surface area contributed by atoms with Crippen molar-refractivity contribution >= 4 is 11.6 Å². The van der Waals surface area contributed by atoms with Crippen molar-refractivity contribution in [3.8, 4) is 11.5 Å². The summed E-state index contributed by atoms with van der Waals surface area (Å²) in [6.07, 6.45) is 0. The van der Waals surface area contributed by atoms with Crippen LogP contribution in [-0.2, 0) is 6.54 Å². The maximum absolute atomic E-state index is 13.3. The molecule has 0 spiro atoms. The Labute approximate surface area is 166 Å². The van der Waals surface area contributed by atoms with Crippen molar-refractivity contribution < 1.29 is 23.5 Å². The molecule has 0 heterocycles. The number of carbonyl (C=O) groups excluding carboxylic acids is 2. The highest BCUT2D eigenvalue weighted by Crippen LogP contribution is 2.38. The average Bonchev–Trinajstić information content (AvgIpc) is 2.74. The van der Waals surface area contributed by atoms with Gasteiger partial charge in [0.15, 0.2) is 5.78 Å². The molecule has 3 rings (SSSR count). The van der Waals surface area contributed by atoms with Gasteiger partial charge in [0.1, 0.15) is 18.0 Å². The van der Waals surface area contributed by atoms with Crippen LogP contribution in [0.5, 0.6) is 11.5 Å². The van der Waals surface area contributed by atoms with Crippen molar-refractivity contribution in [3.63, 3.8) is 0 Å².